The third-order valence-corrected chi connectivity index (χ3v) is 10.1. The molecule has 0 bridgehead atoms. The van der Waals surface area contributed by atoms with Crippen LogP contribution in [0.25, 0.3) is 0 Å². The summed E-state index contributed by atoms with van der Waals surface area (Å²) in [6, 6.07) is 0. The zero-order valence-corrected chi connectivity index (χ0v) is 34.4. The molecule has 0 spiro atoms. The quantitative estimate of drug-likeness (QED) is 0.0355. The van der Waals surface area contributed by atoms with Gasteiger partial charge >= 0.3 is 17.9 Å². The van der Waals surface area contributed by atoms with Gasteiger partial charge < -0.3 is 14.2 Å². The van der Waals surface area contributed by atoms with Crippen LogP contribution in [-0.2, 0) is 28.6 Å². The van der Waals surface area contributed by atoms with Crippen LogP contribution in [0.4, 0.5) is 0 Å². The van der Waals surface area contributed by atoms with Crippen LogP contribution in [0, 0.1) is 0 Å². The lowest BCUT2D eigenvalue weighted by atomic mass is 10.0. The molecule has 51 heavy (non-hydrogen) atoms. The van der Waals surface area contributed by atoms with E-state index in [1.165, 1.54) is 154 Å². The Labute approximate surface area is 317 Å². The van der Waals surface area contributed by atoms with Gasteiger partial charge in [0, 0.05) is 19.3 Å². The molecule has 0 aromatic heterocycles. The lowest BCUT2D eigenvalue weighted by Crippen LogP contribution is -2.30. The highest BCUT2D eigenvalue weighted by Crippen LogP contribution is 2.16. The SMILES string of the molecule is CCCCCCCCCCCCCCCC(=O)OC[C@@H](COC(=O)CCCCCCCCC)OC(=O)CCCCCCCCCCCCCCC. The summed E-state index contributed by atoms with van der Waals surface area (Å²) in [4.78, 5) is 37.5. The van der Waals surface area contributed by atoms with Crippen LogP contribution in [0.3, 0.4) is 0 Å². The zero-order valence-electron chi connectivity index (χ0n) is 34.4. The third kappa shape index (κ3) is 39.5. The number of hydrogen-bond acceptors (Lipinski definition) is 6. The molecule has 0 radical (unpaired) electrons. The van der Waals surface area contributed by atoms with E-state index in [-0.39, 0.29) is 31.1 Å². The Morgan fingerprint density at radius 1 is 0.314 bits per heavy atom. The van der Waals surface area contributed by atoms with E-state index in [1.54, 1.807) is 0 Å². The molecule has 0 aromatic carbocycles. The average molecular weight is 723 g/mol. The summed E-state index contributed by atoms with van der Waals surface area (Å²) in [5, 5.41) is 0. The monoisotopic (exact) mass is 723 g/mol. The molecule has 0 heterocycles. The van der Waals surface area contributed by atoms with Crippen LogP contribution in [0.15, 0.2) is 0 Å². The minimum Gasteiger partial charge on any atom is -0.462 e. The van der Waals surface area contributed by atoms with Crippen molar-refractivity contribution in [2.75, 3.05) is 13.2 Å². The molecular weight excluding hydrogens is 636 g/mol. The smallest absolute Gasteiger partial charge is 0.306 e. The number of ether oxygens (including phenoxy) is 3. The number of carbonyl (C=O) groups is 3. The fraction of sp³-hybridized carbons (Fsp3) is 0.933. The summed E-state index contributed by atoms with van der Waals surface area (Å²) >= 11 is 0. The van der Waals surface area contributed by atoms with Gasteiger partial charge in [0.15, 0.2) is 6.10 Å². The number of rotatable bonds is 41. The molecule has 0 aromatic rings. The van der Waals surface area contributed by atoms with Crippen molar-refractivity contribution < 1.29 is 28.6 Å². The molecule has 0 saturated carbocycles. The lowest BCUT2D eigenvalue weighted by molar-refractivity contribution is -0.167. The number of unbranched alkanes of at least 4 members (excludes halogenated alkanes) is 30. The molecule has 0 fully saturated rings. The van der Waals surface area contributed by atoms with Crippen molar-refractivity contribution in [3.63, 3.8) is 0 Å². The van der Waals surface area contributed by atoms with Crippen molar-refractivity contribution in [2.24, 2.45) is 0 Å². The zero-order chi connectivity index (χ0) is 37.3. The van der Waals surface area contributed by atoms with Gasteiger partial charge in [0.2, 0.25) is 0 Å². The molecule has 0 aliphatic rings. The van der Waals surface area contributed by atoms with Crippen molar-refractivity contribution in [1.29, 1.82) is 0 Å². The molecule has 0 saturated heterocycles. The van der Waals surface area contributed by atoms with Gasteiger partial charge in [0.05, 0.1) is 0 Å². The van der Waals surface area contributed by atoms with E-state index in [2.05, 4.69) is 20.8 Å². The van der Waals surface area contributed by atoms with Crippen LogP contribution in [0.2, 0.25) is 0 Å². The number of carbonyl (C=O) groups excluding carboxylic acids is 3. The Hall–Kier alpha value is -1.59. The average Bonchev–Trinajstić information content (AvgIpc) is 3.12. The van der Waals surface area contributed by atoms with Gasteiger partial charge in [-0.2, -0.15) is 0 Å². The molecule has 0 amide bonds. The summed E-state index contributed by atoms with van der Waals surface area (Å²) in [7, 11) is 0. The maximum atomic E-state index is 12.7. The van der Waals surface area contributed by atoms with E-state index in [0.717, 1.165) is 57.8 Å². The Morgan fingerprint density at radius 3 is 0.784 bits per heavy atom. The molecule has 0 aliphatic heterocycles. The van der Waals surface area contributed by atoms with Crippen LogP contribution < -0.4 is 0 Å². The Bertz CT molecular complexity index is 753. The molecular formula is C45H86O6. The number of esters is 3. The molecule has 0 N–H and O–H groups in total. The third-order valence-electron chi connectivity index (χ3n) is 10.1. The van der Waals surface area contributed by atoms with E-state index >= 15 is 0 Å². The van der Waals surface area contributed by atoms with Gasteiger partial charge in [-0.1, -0.05) is 213 Å². The Morgan fingerprint density at radius 2 is 0.529 bits per heavy atom. The maximum Gasteiger partial charge on any atom is 0.306 e. The summed E-state index contributed by atoms with van der Waals surface area (Å²) in [5.74, 6) is -0.858. The first kappa shape index (κ1) is 49.4. The predicted molar refractivity (Wildman–Crippen MR) is 215 cm³/mol. The topological polar surface area (TPSA) is 78.9 Å². The van der Waals surface area contributed by atoms with Gasteiger partial charge in [0.25, 0.3) is 0 Å². The van der Waals surface area contributed by atoms with Crippen LogP contribution >= 0.6 is 0 Å². The summed E-state index contributed by atoms with van der Waals surface area (Å²) in [6.07, 6.45) is 40.9. The molecule has 0 aliphatic carbocycles. The Balaban J connectivity index is 4.27. The van der Waals surface area contributed by atoms with Gasteiger partial charge in [-0.05, 0) is 19.3 Å². The van der Waals surface area contributed by atoms with Crippen LogP contribution in [0.5, 0.6) is 0 Å². The molecule has 6 heteroatoms. The lowest BCUT2D eigenvalue weighted by Gasteiger charge is -2.18. The molecule has 6 nitrogen and oxygen atoms in total. The first-order valence-electron chi connectivity index (χ1n) is 22.5. The first-order valence-corrected chi connectivity index (χ1v) is 22.5. The summed E-state index contributed by atoms with van der Waals surface area (Å²) in [6.45, 7) is 6.61. The summed E-state index contributed by atoms with van der Waals surface area (Å²) in [5.41, 5.74) is 0. The van der Waals surface area contributed by atoms with Crippen molar-refractivity contribution in [3.05, 3.63) is 0 Å². The van der Waals surface area contributed by atoms with Crippen LogP contribution in [0.1, 0.15) is 252 Å². The van der Waals surface area contributed by atoms with E-state index in [1.807, 2.05) is 0 Å². The highest BCUT2D eigenvalue weighted by atomic mass is 16.6. The molecule has 0 rings (SSSR count). The van der Waals surface area contributed by atoms with E-state index < -0.39 is 6.10 Å². The Kier molecular flexibility index (Phi) is 39.9. The van der Waals surface area contributed by atoms with Crippen molar-refractivity contribution in [2.45, 2.75) is 258 Å². The van der Waals surface area contributed by atoms with E-state index in [0.29, 0.717) is 19.3 Å². The van der Waals surface area contributed by atoms with Crippen molar-refractivity contribution in [1.82, 2.24) is 0 Å². The minimum absolute atomic E-state index is 0.0632. The predicted octanol–water partition coefficient (Wildman–Crippen LogP) is 14.1. The second-order valence-corrected chi connectivity index (χ2v) is 15.3. The van der Waals surface area contributed by atoms with Gasteiger partial charge in [0.1, 0.15) is 13.2 Å². The standard InChI is InChI=1S/C45H86O6/c1-4-7-10-13-16-18-20-22-24-26-29-32-35-38-44(47)50-41-42(40-49-43(46)37-34-31-28-15-12-9-6-3)51-45(48)39-36-33-30-27-25-23-21-19-17-14-11-8-5-2/h42H,4-41H2,1-3H3/t42-/m1/s1. The van der Waals surface area contributed by atoms with E-state index in [4.69, 9.17) is 14.2 Å². The largest absolute Gasteiger partial charge is 0.462 e. The number of hydrogen-bond donors (Lipinski definition) is 0. The summed E-state index contributed by atoms with van der Waals surface area (Å²) < 4.78 is 16.7. The maximum absolute atomic E-state index is 12.7. The highest BCUT2D eigenvalue weighted by molar-refractivity contribution is 5.71. The normalized spacial score (nSPS) is 11.8. The van der Waals surface area contributed by atoms with E-state index in [9.17, 15) is 14.4 Å². The second kappa shape index (κ2) is 41.2. The van der Waals surface area contributed by atoms with Gasteiger partial charge in [-0.15, -0.1) is 0 Å². The molecule has 302 valence electrons. The first-order chi connectivity index (χ1) is 25.0. The van der Waals surface area contributed by atoms with Gasteiger partial charge in [-0.3, -0.25) is 14.4 Å². The molecule has 0 unspecified atom stereocenters. The highest BCUT2D eigenvalue weighted by Gasteiger charge is 2.19. The van der Waals surface area contributed by atoms with Gasteiger partial charge in [-0.25, -0.2) is 0 Å². The second-order valence-electron chi connectivity index (χ2n) is 15.3. The fourth-order valence-electron chi connectivity index (χ4n) is 6.68. The molecule has 1 atom stereocenters. The van der Waals surface area contributed by atoms with Crippen molar-refractivity contribution in [3.8, 4) is 0 Å². The minimum atomic E-state index is -0.756. The van der Waals surface area contributed by atoms with Crippen molar-refractivity contribution >= 4 is 17.9 Å². The van der Waals surface area contributed by atoms with Crippen LogP contribution in [-0.4, -0.2) is 37.2 Å². The fourth-order valence-corrected chi connectivity index (χ4v) is 6.68.